The van der Waals surface area contributed by atoms with E-state index >= 15 is 0 Å². The number of benzene rings is 2. The minimum atomic E-state index is -0.622. The molecule has 0 saturated carbocycles. The Morgan fingerprint density at radius 3 is 2.57 bits per heavy atom. The Labute approximate surface area is 184 Å². The molecule has 0 aliphatic carbocycles. The second-order valence-corrected chi connectivity index (χ2v) is 7.60. The van der Waals surface area contributed by atoms with Crippen molar-refractivity contribution in [2.24, 2.45) is 11.7 Å². The highest BCUT2D eigenvalue weighted by atomic mass is 35.5. The lowest BCUT2D eigenvalue weighted by Gasteiger charge is -2.21. The maximum Gasteiger partial charge on any atom is 0.241 e. The van der Waals surface area contributed by atoms with Gasteiger partial charge in [-0.3, -0.25) is 4.79 Å². The molecule has 0 aromatic heterocycles. The normalized spacial score (nSPS) is 16.7. The molecule has 1 amide bonds. The van der Waals surface area contributed by atoms with E-state index in [0.717, 1.165) is 35.7 Å². The standard InChI is InChI=1S/C21H26ClN3O.2ClH/c1-14-3-6-17(7-4-14)20(23)21(26)24-12-16-9-10-25(13-16)19-11-18(22)8-5-15(19)2;;/h3-8,11,16,20H,9-10,12-13,23H2,1-2H3,(H,24,26);2*1H. The second-order valence-electron chi connectivity index (χ2n) is 7.17. The van der Waals surface area contributed by atoms with Crippen LogP contribution in [-0.4, -0.2) is 25.5 Å². The van der Waals surface area contributed by atoms with Gasteiger partial charge in [0.15, 0.2) is 0 Å². The van der Waals surface area contributed by atoms with Gasteiger partial charge in [0.25, 0.3) is 0 Å². The summed E-state index contributed by atoms with van der Waals surface area (Å²) >= 11 is 6.14. The molecule has 2 aromatic carbocycles. The minimum Gasteiger partial charge on any atom is -0.371 e. The van der Waals surface area contributed by atoms with Gasteiger partial charge in [-0.15, -0.1) is 24.8 Å². The van der Waals surface area contributed by atoms with Crippen molar-refractivity contribution >= 4 is 48.0 Å². The van der Waals surface area contributed by atoms with Gasteiger partial charge >= 0.3 is 0 Å². The van der Waals surface area contributed by atoms with Crippen LogP contribution in [0.15, 0.2) is 42.5 Å². The number of hydrogen-bond acceptors (Lipinski definition) is 3. The Hall–Kier alpha value is -1.46. The topological polar surface area (TPSA) is 58.4 Å². The van der Waals surface area contributed by atoms with E-state index in [2.05, 4.69) is 17.1 Å². The summed E-state index contributed by atoms with van der Waals surface area (Å²) in [7, 11) is 0. The molecule has 1 heterocycles. The average molecular weight is 445 g/mol. The number of halogens is 3. The molecule has 1 fully saturated rings. The number of carbonyl (C=O) groups excluding carboxylic acids is 1. The number of amides is 1. The molecule has 0 spiro atoms. The lowest BCUT2D eigenvalue weighted by atomic mass is 10.0. The molecule has 2 aromatic rings. The average Bonchev–Trinajstić information content (AvgIpc) is 3.10. The first kappa shape index (κ1) is 24.6. The Morgan fingerprint density at radius 1 is 1.21 bits per heavy atom. The minimum absolute atomic E-state index is 0. The van der Waals surface area contributed by atoms with Crippen molar-refractivity contribution < 1.29 is 4.79 Å². The van der Waals surface area contributed by atoms with Crippen molar-refractivity contribution in [3.8, 4) is 0 Å². The highest BCUT2D eigenvalue weighted by Crippen LogP contribution is 2.29. The Morgan fingerprint density at radius 2 is 1.89 bits per heavy atom. The van der Waals surface area contributed by atoms with Crippen LogP contribution in [0.4, 0.5) is 5.69 Å². The van der Waals surface area contributed by atoms with Crippen molar-refractivity contribution in [1.29, 1.82) is 0 Å². The van der Waals surface area contributed by atoms with Crippen molar-refractivity contribution in [2.75, 3.05) is 24.5 Å². The molecule has 2 unspecified atom stereocenters. The van der Waals surface area contributed by atoms with Crippen molar-refractivity contribution in [3.05, 3.63) is 64.2 Å². The van der Waals surface area contributed by atoms with E-state index < -0.39 is 6.04 Å². The first-order chi connectivity index (χ1) is 12.4. The molecule has 154 valence electrons. The first-order valence-electron chi connectivity index (χ1n) is 9.05. The number of nitrogens with two attached hydrogens (primary N) is 1. The van der Waals surface area contributed by atoms with Gasteiger partial charge in [0.1, 0.15) is 6.04 Å². The first-order valence-corrected chi connectivity index (χ1v) is 9.43. The maximum atomic E-state index is 12.4. The number of anilines is 1. The summed E-state index contributed by atoms with van der Waals surface area (Å²) in [4.78, 5) is 14.7. The zero-order valence-electron chi connectivity index (χ0n) is 16.2. The summed E-state index contributed by atoms with van der Waals surface area (Å²) in [6, 6.07) is 13.1. The van der Waals surface area contributed by atoms with Crippen LogP contribution in [0, 0.1) is 19.8 Å². The Bertz CT molecular complexity index is 783. The molecule has 1 saturated heterocycles. The highest BCUT2D eigenvalue weighted by molar-refractivity contribution is 6.30. The summed E-state index contributed by atoms with van der Waals surface area (Å²) in [5.74, 6) is 0.300. The molecule has 1 aliphatic heterocycles. The number of nitrogens with one attached hydrogen (secondary N) is 1. The number of nitrogens with zero attached hydrogens (tertiary/aromatic N) is 1. The fraction of sp³-hybridized carbons (Fsp3) is 0.381. The van der Waals surface area contributed by atoms with Crippen LogP contribution in [0.1, 0.15) is 29.2 Å². The lowest BCUT2D eigenvalue weighted by molar-refractivity contribution is -0.122. The van der Waals surface area contributed by atoms with Crippen LogP contribution in [0.2, 0.25) is 5.02 Å². The summed E-state index contributed by atoms with van der Waals surface area (Å²) in [5, 5.41) is 3.77. The van der Waals surface area contributed by atoms with Crippen LogP contribution in [0.5, 0.6) is 0 Å². The van der Waals surface area contributed by atoms with E-state index in [9.17, 15) is 4.79 Å². The van der Waals surface area contributed by atoms with Crippen LogP contribution < -0.4 is 16.0 Å². The molecule has 3 rings (SSSR count). The summed E-state index contributed by atoms with van der Waals surface area (Å²) < 4.78 is 0. The lowest BCUT2D eigenvalue weighted by Crippen LogP contribution is -2.37. The third-order valence-electron chi connectivity index (χ3n) is 5.08. The van der Waals surface area contributed by atoms with Gasteiger partial charge in [0.05, 0.1) is 0 Å². The fourth-order valence-corrected chi connectivity index (χ4v) is 3.59. The smallest absolute Gasteiger partial charge is 0.241 e. The molecule has 7 heteroatoms. The molecule has 0 radical (unpaired) electrons. The summed E-state index contributed by atoms with van der Waals surface area (Å²) in [6.45, 7) is 6.66. The molecule has 0 bridgehead atoms. The van der Waals surface area contributed by atoms with Gasteiger partial charge in [0, 0.05) is 30.3 Å². The molecule has 28 heavy (non-hydrogen) atoms. The number of carbonyl (C=O) groups is 1. The summed E-state index contributed by atoms with van der Waals surface area (Å²) in [6.07, 6.45) is 1.05. The van der Waals surface area contributed by atoms with Crippen molar-refractivity contribution in [2.45, 2.75) is 26.3 Å². The van der Waals surface area contributed by atoms with E-state index in [1.54, 1.807) is 0 Å². The van der Waals surface area contributed by atoms with Crippen molar-refractivity contribution in [1.82, 2.24) is 5.32 Å². The van der Waals surface area contributed by atoms with E-state index in [-0.39, 0.29) is 30.7 Å². The molecule has 1 aliphatic rings. The molecular weight excluding hydrogens is 417 g/mol. The van der Waals surface area contributed by atoms with Gasteiger partial charge in [0.2, 0.25) is 5.91 Å². The number of rotatable bonds is 5. The van der Waals surface area contributed by atoms with Crippen molar-refractivity contribution in [3.63, 3.8) is 0 Å². The predicted molar refractivity (Wildman–Crippen MR) is 122 cm³/mol. The third kappa shape index (κ3) is 6.02. The van der Waals surface area contributed by atoms with Gasteiger partial charge in [-0.05, 0) is 49.4 Å². The van der Waals surface area contributed by atoms with Crippen LogP contribution in [0.25, 0.3) is 0 Å². The fourth-order valence-electron chi connectivity index (χ4n) is 3.42. The van der Waals surface area contributed by atoms with E-state index in [1.807, 2.05) is 49.4 Å². The van der Waals surface area contributed by atoms with Crippen LogP contribution in [0.3, 0.4) is 0 Å². The van der Waals surface area contributed by atoms with E-state index in [1.165, 1.54) is 11.3 Å². The predicted octanol–water partition coefficient (Wildman–Crippen LogP) is 4.44. The Kier molecular flexibility index (Phi) is 9.58. The quantitative estimate of drug-likeness (QED) is 0.716. The van der Waals surface area contributed by atoms with Gasteiger partial charge < -0.3 is 16.0 Å². The zero-order valence-corrected chi connectivity index (χ0v) is 18.5. The second kappa shape index (κ2) is 10.9. The SMILES string of the molecule is Cc1ccc(C(N)C(=O)NCC2CCN(c3cc(Cl)ccc3C)C2)cc1.Cl.Cl. The zero-order chi connectivity index (χ0) is 18.7. The molecule has 4 nitrogen and oxygen atoms in total. The molecule has 2 atom stereocenters. The van der Waals surface area contributed by atoms with Crippen LogP contribution in [-0.2, 0) is 4.79 Å². The number of aryl methyl sites for hydroxylation is 2. The molecule has 3 N–H and O–H groups in total. The van der Waals surface area contributed by atoms with E-state index in [0.29, 0.717) is 12.5 Å². The van der Waals surface area contributed by atoms with Gasteiger partial charge in [-0.1, -0.05) is 47.5 Å². The van der Waals surface area contributed by atoms with Gasteiger partial charge in [-0.2, -0.15) is 0 Å². The Balaban J connectivity index is 0.00000196. The molecular formula is C21H28Cl3N3O. The maximum absolute atomic E-state index is 12.4. The highest BCUT2D eigenvalue weighted by Gasteiger charge is 2.25. The largest absolute Gasteiger partial charge is 0.371 e. The third-order valence-corrected chi connectivity index (χ3v) is 5.32. The van der Waals surface area contributed by atoms with E-state index in [4.69, 9.17) is 17.3 Å². The number of hydrogen-bond donors (Lipinski definition) is 2. The summed E-state index contributed by atoms with van der Waals surface area (Å²) in [5.41, 5.74) is 10.5. The van der Waals surface area contributed by atoms with Gasteiger partial charge in [-0.25, -0.2) is 0 Å². The monoisotopic (exact) mass is 443 g/mol. The van der Waals surface area contributed by atoms with Crippen LogP contribution >= 0.6 is 36.4 Å².